The number of carbonyl (C=O) groups is 3. The number of ether oxygens (including phenoxy) is 2. The first-order valence-corrected chi connectivity index (χ1v) is 12.6. The third-order valence-electron chi connectivity index (χ3n) is 7.38. The van der Waals surface area contributed by atoms with Gasteiger partial charge in [-0.15, -0.1) is 0 Å². The van der Waals surface area contributed by atoms with E-state index in [1.165, 1.54) is 25.3 Å². The zero-order valence-corrected chi connectivity index (χ0v) is 20.9. The molecular weight excluding hydrogens is 509 g/mol. The summed E-state index contributed by atoms with van der Waals surface area (Å²) in [5.41, 5.74) is 0.518. The quantitative estimate of drug-likeness (QED) is 0.410. The lowest BCUT2D eigenvalue weighted by Crippen LogP contribution is -2.57. The molecule has 1 aromatic rings. The smallest absolute Gasteiger partial charge is 0.406 e. The van der Waals surface area contributed by atoms with Crippen LogP contribution in [0.2, 0.25) is 0 Å². The van der Waals surface area contributed by atoms with Crippen LogP contribution in [0.15, 0.2) is 23.8 Å². The summed E-state index contributed by atoms with van der Waals surface area (Å²) in [5, 5.41) is 23.0. The maximum Gasteiger partial charge on any atom is 0.406 e. The summed E-state index contributed by atoms with van der Waals surface area (Å²) < 4.78 is 52.3. The van der Waals surface area contributed by atoms with E-state index in [-0.39, 0.29) is 48.1 Å². The van der Waals surface area contributed by atoms with Crippen LogP contribution in [0.3, 0.4) is 0 Å². The molecule has 0 radical (unpaired) electrons. The molecule has 0 aromatic heterocycles. The molecule has 9 nitrogen and oxygen atoms in total. The minimum Gasteiger partial charge on any atom is -0.493 e. The molecule has 0 spiro atoms. The van der Waals surface area contributed by atoms with Crippen molar-refractivity contribution in [1.82, 2.24) is 10.2 Å². The number of aliphatic hydroxyl groups is 2. The fraction of sp³-hybridized carbons (Fsp3) is 0.577. The number of halogens is 3. The van der Waals surface area contributed by atoms with Crippen LogP contribution in [0.4, 0.5) is 13.2 Å². The van der Waals surface area contributed by atoms with Gasteiger partial charge in [0.2, 0.25) is 11.8 Å². The number of benzene rings is 1. The van der Waals surface area contributed by atoms with E-state index >= 15 is 0 Å². The maximum absolute atomic E-state index is 13.7. The topological polar surface area (TPSA) is 125 Å². The van der Waals surface area contributed by atoms with Gasteiger partial charge in [0.15, 0.2) is 11.5 Å². The molecule has 1 aliphatic heterocycles. The number of alkyl halides is 3. The number of amides is 2. The summed E-state index contributed by atoms with van der Waals surface area (Å²) in [4.78, 5) is 38.5. The second kappa shape index (κ2) is 11.3. The fourth-order valence-electron chi connectivity index (χ4n) is 5.69. The standard InChI is InChI=1S/C26H31F3N2O7/c1-37-19-9-15(12-33)8-16-21-17(25(36)30-6-7-32)11-18(22(35)24(21)38-23(16)19)31(13-26(27,28)29)20(34)10-14-4-2-3-5-14/h8-9,11-12,14,18,21-22,24,32,35H,2-7,10,13H2,1H3,(H,30,36). The van der Waals surface area contributed by atoms with Crippen molar-refractivity contribution in [1.29, 1.82) is 0 Å². The molecule has 12 heteroatoms. The number of methoxy groups -OCH3 is 1. The molecule has 1 fully saturated rings. The number of aldehydes is 1. The van der Waals surface area contributed by atoms with Crippen molar-refractivity contribution in [3.63, 3.8) is 0 Å². The Bertz CT molecular complexity index is 1100. The van der Waals surface area contributed by atoms with Gasteiger partial charge in [-0.25, -0.2) is 0 Å². The van der Waals surface area contributed by atoms with Crippen molar-refractivity contribution in [2.45, 2.75) is 62.4 Å². The molecule has 1 aromatic carbocycles. The summed E-state index contributed by atoms with van der Waals surface area (Å²) in [6, 6.07) is 1.37. The highest BCUT2D eigenvalue weighted by atomic mass is 19.4. The van der Waals surface area contributed by atoms with Crippen molar-refractivity contribution < 1.29 is 47.2 Å². The summed E-state index contributed by atoms with van der Waals surface area (Å²) in [6.45, 7) is -2.11. The van der Waals surface area contributed by atoms with Gasteiger partial charge in [0.05, 0.1) is 25.7 Å². The van der Waals surface area contributed by atoms with E-state index in [1.54, 1.807) is 0 Å². The first-order chi connectivity index (χ1) is 18.1. The first-order valence-electron chi connectivity index (χ1n) is 12.6. The van der Waals surface area contributed by atoms with Gasteiger partial charge < -0.3 is 29.9 Å². The van der Waals surface area contributed by atoms with E-state index < -0.39 is 48.7 Å². The van der Waals surface area contributed by atoms with Gasteiger partial charge in [0, 0.05) is 29.7 Å². The maximum atomic E-state index is 13.7. The minimum atomic E-state index is -4.75. The number of nitrogens with one attached hydrogen (secondary N) is 1. The van der Waals surface area contributed by atoms with E-state index in [2.05, 4.69) is 5.32 Å². The average molecular weight is 541 g/mol. The number of aliphatic hydroxyl groups excluding tert-OH is 2. The van der Waals surface area contributed by atoms with Crippen LogP contribution in [-0.4, -0.2) is 84.4 Å². The lowest BCUT2D eigenvalue weighted by Gasteiger charge is -2.41. The Labute approximate surface area is 217 Å². The van der Waals surface area contributed by atoms with Crippen molar-refractivity contribution in [2.24, 2.45) is 5.92 Å². The molecule has 2 amide bonds. The van der Waals surface area contributed by atoms with Gasteiger partial charge in [-0.3, -0.25) is 14.4 Å². The number of fused-ring (bicyclic) bond motifs is 3. The monoisotopic (exact) mass is 540 g/mol. The number of carbonyl (C=O) groups excluding carboxylic acids is 3. The van der Waals surface area contributed by atoms with E-state index in [9.17, 15) is 37.8 Å². The Morgan fingerprint density at radius 1 is 1.26 bits per heavy atom. The summed E-state index contributed by atoms with van der Waals surface area (Å²) in [6.07, 6.45) is -2.67. The highest BCUT2D eigenvalue weighted by molar-refractivity contribution is 5.96. The number of hydrogen-bond acceptors (Lipinski definition) is 7. The normalized spacial score (nSPS) is 24.6. The van der Waals surface area contributed by atoms with Gasteiger partial charge in [-0.1, -0.05) is 12.8 Å². The molecule has 3 N–H and O–H groups in total. The Morgan fingerprint density at radius 2 is 1.97 bits per heavy atom. The predicted octanol–water partition coefficient (Wildman–Crippen LogP) is 2.10. The first kappa shape index (κ1) is 27.9. The van der Waals surface area contributed by atoms with E-state index in [0.29, 0.717) is 16.7 Å². The molecule has 1 heterocycles. The molecule has 208 valence electrons. The van der Waals surface area contributed by atoms with Gasteiger partial charge in [0.25, 0.3) is 0 Å². The van der Waals surface area contributed by atoms with Crippen LogP contribution in [0, 0.1) is 5.92 Å². The number of nitrogens with zero attached hydrogens (tertiary/aromatic N) is 1. The van der Waals surface area contributed by atoms with Crippen molar-refractivity contribution in [3.8, 4) is 11.5 Å². The molecule has 4 unspecified atom stereocenters. The SMILES string of the molecule is COc1cc(C=O)cc2c1OC1C2C(C(=O)NCCO)=CC(N(CC(F)(F)F)C(=O)CC2CCCC2)C1O. The minimum absolute atomic E-state index is 0.0385. The van der Waals surface area contributed by atoms with Crippen molar-refractivity contribution >= 4 is 18.1 Å². The van der Waals surface area contributed by atoms with Crippen LogP contribution in [0.1, 0.15) is 53.9 Å². The Kier molecular flexibility index (Phi) is 8.31. The molecule has 1 saturated carbocycles. The molecular formula is C26H31F3N2O7. The third-order valence-corrected chi connectivity index (χ3v) is 7.38. The predicted molar refractivity (Wildman–Crippen MR) is 128 cm³/mol. The van der Waals surface area contributed by atoms with Gasteiger partial charge in [-0.2, -0.15) is 13.2 Å². The second-order valence-electron chi connectivity index (χ2n) is 9.89. The average Bonchev–Trinajstić information content (AvgIpc) is 3.53. The molecule has 2 aliphatic carbocycles. The van der Waals surface area contributed by atoms with E-state index in [0.717, 1.165) is 25.7 Å². The highest BCUT2D eigenvalue weighted by Gasteiger charge is 2.52. The van der Waals surface area contributed by atoms with Crippen molar-refractivity contribution in [2.75, 3.05) is 26.8 Å². The lowest BCUT2D eigenvalue weighted by atomic mass is 9.77. The molecule has 0 bridgehead atoms. The van der Waals surface area contributed by atoms with Gasteiger partial charge >= 0.3 is 6.18 Å². The molecule has 0 saturated heterocycles. The molecule has 4 rings (SSSR count). The third kappa shape index (κ3) is 5.65. The largest absolute Gasteiger partial charge is 0.493 e. The zero-order chi connectivity index (χ0) is 27.6. The van der Waals surface area contributed by atoms with Gasteiger partial charge in [-0.05, 0) is 37.0 Å². The molecule has 3 aliphatic rings. The highest BCUT2D eigenvalue weighted by Crippen LogP contribution is 2.51. The number of hydrogen-bond donors (Lipinski definition) is 3. The van der Waals surface area contributed by atoms with E-state index in [4.69, 9.17) is 9.47 Å². The lowest BCUT2D eigenvalue weighted by molar-refractivity contribution is -0.170. The van der Waals surface area contributed by atoms with Crippen molar-refractivity contribution in [3.05, 3.63) is 34.9 Å². The Balaban J connectivity index is 1.78. The summed E-state index contributed by atoms with van der Waals surface area (Å²) in [7, 11) is 1.34. The molecule has 4 atom stereocenters. The second-order valence-corrected chi connectivity index (χ2v) is 9.89. The summed E-state index contributed by atoms with van der Waals surface area (Å²) in [5.74, 6) is -2.16. The Morgan fingerprint density at radius 3 is 2.58 bits per heavy atom. The fourth-order valence-corrected chi connectivity index (χ4v) is 5.69. The molecule has 38 heavy (non-hydrogen) atoms. The van der Waals surface area contributed by atoms with Crippen LogP contribution in [0.25, 0.3) is 0 Å². The number of rotatable bonds is 9. The van der Waals surface area contributed by atoms with E-state index in [1.807, 2.05) is 0 Å². The van der Waals surface area contributed by atoms with Gasteiger partial charge in [0.1, 0.15) is 25.0 Å². The van der Waals surface area contributed by atoms with Crippen LogP contribution < -0.4 is 14.8 Å². The van der Waals surface area contributed by atoms with Crippen LogP contribution >= 0.6 is 0 Å². The zero-order valence-electron chi connectivity index (χ0n) is 20.9. The van der Waals surface area contributed by atoms with Crippen LogP contribution in [0.5, 0.6) is 11.5 Å². The Hall–Kier alpha value is -3.12. The van der Waals surface area contributed by atoms with Crippen LogP contribution in [-0.2, 0) is 9.59 Å². The summed E-state index contributed by atoms with van der Waals surface area (Å²) >= 11 is 0.